The Balaban J connectivity index is 1.88. The monoisotopic (exact) mass is 344 g/mol. The molecule has 25 heavy (non-hydrogen) atoms. The molecule has 1 fully saturated rings. The van der Waals surface area contributed by atoms with E-state index in [0.717, 1.165) is 17.0 Å². The van der Waals surface area contributed by atoms with Gasteiger partial charge in [0.2, 0.25) is 11.8 Å². The zero-order chi connectivity index (χ0) is 18.1. The van der Waals surface area contributed by atoms with E-state index in [9.17, 15) is 14.0 Å². The van der Waals surface area contributed by atoms with Crippen molar-refractivity contribution in [2.24, 2.45) is 0 Å². The highest BCUT2D eigenvalue weighted by atomic mass is 19.1. The van der Waals surface area contributed by atoms with Gasteiger partial charge in [0.25, 0.3) is 0 Å². The predicted octanol–water partition coefficient (Wildman–Crippen LogP) is 1.65. The van der Waals surface area contributed by atoms with Crippen LogP contribution < -0.4 is 5.32 Å². The van der Waals surface area contributed by atoms with Gasteiger partial charge in [-0.25, -0.2) is 4.39 Å². The van der Waals surface area contributed by atoms with Crippen molar-refractivity contribution in [1.82, 2.24) is 20.0 Å². The average Bonchev–Trinajstić information content (AvgIpc) is 2.81. The molecule has 0 bridgehead atoms. The first-order valence-corrected chi connectivity index (χ1v) is 8.21. The lowest BCUT2D eigenvalue weighted by Gasteiger charge is -2.35. The number of carbonyl (C=O) groups is 2. The molecule has 6 nitrogen and oxygen atoms in total. The molecule has 0 spiro atoms. The number of benzene rings is 1. The van der Waals surface area contributed by atoms with Gasteiger partial charge in [0, 0.05) is 18.8 Å². The summed E-state index contributed by atoms with van der Waals surface area (Å²) in [4.78, 5) is 26.7. The first kappa shape index (κ1) is 17.1. The van der Waals surface area contributed by atoms with E-state index in [1.54, 1.807) is 16.8 Å². The number of hydrogen-bond acceptors (Lipinski definition) is 3. The average molecular weight is 344 g/mol. The summed E-state index contributed by atoms with van der Waals surface area (Å²) >= 11 is 0. The molecule has 1 saturated heterocycles. The SMILES string of the molecule is Cc1nn(CC(=O)N2CCNC(=O)C2c2cccc(F)c2)c(C)c1C. The lowest BCUT2D eigenvalue weighted by Crippen LogP contribution is -2.53. The molecule has 1 aliphatic rings. The van der Waals surface area contributed by atoms with Crippen molar-refractivity contribution in [3.05, 3.63) is 52.6 Å². The summed E-state index contributed by atoms with van der Waals surface area (Å²) < 4.78 is 15.2. The normalized spacial score (nSPS) is 17.5. The van der Waals surface area contributed by atoms with Crippen LogP contribution in [0.2, 0.25) is 0 Å². The number of aromatic nitrogens is 2. The third kappa shape index (κ3) is 3.26. The highest BCUT2D eigenvalue weighted by Gasteiger charge is 2.34. The molecule has 132 valence electrons. The van der Waals surface area contributed by atoms with Crippen molar-refractivity contribution in [2.45, 2.75) is 33.4 Å². The summed E-state index contributed by atoms with van der Waals surface area (Å²) in [7, 11) is 0. The Morgan fingerprint density at radius 1 is 1.36 bits per heavy atom. The lowest BCUT2D eigenvalue weighted by molar-refractivity contribution is -0.144. The van der Waals surface area contributed by atoms with Crippen LogP contribution in [0.4, 0.5) is 4.39 Å². The molecule has 1 atom stereocenters. The fourth-order valence-electron chi connectivity index (χ4n) is 3.10. The number of halogens is 1. The fourth-order valence-corrected chi connectivity index (χ4v) is 3.10. The molecule has 1 aliphatic heterocycles. The van der Waals surface area contributed by atoms with E-state index in [-0.39, 0.29) is 18.4 Å². The van der Waals surface area contributed by atoms with Crippen LogP contribution in [-0.2, 0) is 16.1 Å². The number of rotatable bonds is 3. The van der Waals surface area contributed by atoms with Gasteiger partial charge in [0.15, 0.2) is 0 Å². The summed E-state index contributed by atoms with van der Waals surface area (Å²) in [6, 6.07) is 4.99. The Morgan fingerprint density at radius 3 is 2.76 bits per heavy atom. The van der Waals surface area contributed by atoms with Crippen molar-refractivity contribution in [1.29, 1.82) is 0 Å². The maximum Gasteiger partial charge on any atom is 0.247 e. The summed E-state index contributed by atoms with van der Waals surface area (Å²) in [6.07, 6.45) is 0. The molecule has 0 radical (unpaired) electrons. The minimum absolute atomic E-state index is 0.0552. The van der Waals surface area contributed by atoms with E-state index in [1.165, 1.54) is 17.0 Å². The number of piperazine rings is 1. The summed E-state index contributed by atoms with van der Waals surface area (Å²) in [5.74, 6) is -0.943. The smallest absolute Gasteiger partial charge is 0.247 e. The molecule has 1 unspecified atom stereocenters. The van der Waals surface area contributed by atoms with Gasteiger partial charge in [0.1, 0.15) is 18.4 Å². The molecule has 1 aromatic carbocycles. The predicted molar refractivity (Wildman–Crippen MR) is 90.3 cm³/mol. The van der Waals surface area contributed by atoms with Gasteiger partial charge in [-0.1, -0.05) is 12.1 Å². The van der Waals surface area contributed by atoms with E-state index in [0.29, 0.717) is 18.7 Å². The van der Waals surface area contributed by atoms with Crippen LogP contribution in [0.25, 0.3) is 0 Å². The van der Waals surface area contributed by atoms with Gasteiger partial charge in [-0.05, 0) is 44.0 Å². The Bertz CT molecular complexity index is 830. The quantitative estimate of drug-likeness (QED) is 0.921. The van der Waals surface area contributed by atoms with Crippen LogP contribution in [0, 0.1) is 26.6 Å². The van der Waals surface area contributed by atoms with Crippen molar-refractivity contribution in [3.8, 4) is 0 Å². The van der Waals surface area contributed by atoms with Crippen molar-refractivity contribution >= 4 is 11.8 Å². The summed E-state index contributed by atoms with van der Waals surface area (Å²) in [5, 5.41) is 7.13. The maximum absolute atomic E-state index is 13.6. The van der Waals surface area contributed by atoms with Gasteiger partial charge in [-0.15, -0.1) is 0 Å². The van der Waals surface area contributed by atoms with Crippen LogP contribution in [0.5, 0.6) is 0 Å². The van der Waals surface area contributed by atoms with Crippen molar-refractivity contribution in [3.63, 3.8) is 0 Å². The topological polar surface area (TPSA) is 67.2 Å². The second kappa shape index (κ2) is 6.66. The summed E-state index contributed by atoms with van der Waals surface area (Å²) in [5.41, 5.74) is 3.32. The number of amides is 2. The van der Waals surface area contributed by atoms with Crippen LogP contribution in [0.3, 0.4) is 0 Å². The van der Waals surface area contributed by atoms with Gasteiger partial charge in [-0.2, -0.15) is 5.10 Å². The zero-order valence-electron chi connectivity index (χ0n) is 14.5. The van der Waals surface area contributed by atoms with E-state index in [1.807, 2.05) is 20.8 Å². The van der Waals surface area contributed by atoms with Gasteiger partial charge >= 0.3 is 0 Å². The third-order valence-electron chi connectivity index (χ3n) is 4.73. The minimum atomic E-state index is -0.824. The third-order valence-corrected chi connectivity index (χ3v) is 4.73. The number of carbonyl (C=O) groups excluding carboxylic acids is 2. The molecule has 0 saturated carbocycles. The number of aryl methyl sites for hydroxylation is 1. The molecule has 7 heteroatoms. The molecule has 2 aromatic rings. The molecular weight excluding hydrogens is 323 g/mol. The van der Waals surface area contributed by atoms with E-state index >= 15 is 0 Å². The Kier molecular flexibility index (Phi) is 4.57. The molecular formula is C18H21FN4O2. The Labute approximate surface area is 145 Å². The van der Waals surface area contributed by atoms with E-state index < -0.39 is 11.9 Å². The van der Waals surface area contributed by atoms with Crippen LogP contribution >= 0.6 is 0 Å². The molecule has 1 N–H and O–H groups in total. The number of hydrogen-bond donors (Lipinski definition) is 1. The van der Waals surface area contributed by atoms with Gasteiger partial charge in [-0.3, -0.25) is 14.3 Å². The Hall–Kier alpha value is -2.70. The molecule has 1 aromatic heterocycles. The fraction of sp³-hybridized carbons (Fsp3) is 0.389. The first-order valence-electron chi connectivity index (χ1n) is 8.21. The van der Waals surface area contributed by atoms with Crippen LogP contribution in [-0.4, -0.2) is 39.6 Å². The first-order chi connectivity index (χ1) is 11.9. The number of nitrogens with zero attached hydrogens (tertiary/aromatic N) is 3. The van der Waals surface area contributed by atoms with Crippen molar-refractivity contribution in [2.75, 3.05) is 13.1 Å². The minimum Gasteiger partial charge on any atom is -0.352 e. The van der Waals surface area contributed by atoms with E-state index in [2.05, 4.69) is 10.4 Å². The Morgan fingerprint density at radius 2 is 2.12 bits per heavy atom. The van der Waals surface area contributed by atoms with Gasteiger partial charge in [0.05, 0.1) is 5.69 Å². The maximum atomic E-state index is 13.6. The van der Waals surface area contributed by atoms with Crippen LogP contribution in [0.15, 0.2) is 24.3 Å². The standard InChI is InChI=1S/C18H21FN4O2/c1-11-12(2)21-23(13(11)3)10-16(24)22-8-7-20-18(25)17(22)14-5-4-6-15(19)9-14/h4-6,9,17H,7-8,10H2,1-3H3,(H,20,25). The van der Waals surface area contributed by atoms with Crippen molar-refractivity contribution < 1.29 is 14.0 Å². The molecule has 0 aliphatic carbocycles. The number of nitrogens with one attached hydrogen (secondary N) is 1. The molecule has 2 amide bonds. The lowest BCUT2D eigenvalue weighted by atomic mass is 10.0. The largest absolute Gasteiger partial charge is 0.352 e. The van der Waals surface area contributed by atoms with Crippen LogP contribution in [0.1, 0.15) is 28.6 Å². The highest BCUT2D eigenvalue weighted by Crippen LogP contribution is 2.24. The second-order valence-electron chi connectivity index (χ2n) is 6.29. The summed E-state index contributed by atoms with van der Waals surface area (Å²) in [6.45, 7) is 6.58. The second-order valence-corrected chi connectivity index (χ2v) is 6.29. The highest BCUT2D eigenvalue weighted by molar-refractivity contribution is 5.89. The van der Waals surface area contributed by atoms with E-state index in [4.69, 9.17) is 0 Å². The molecule has 2 heterocycles. The molecule has 3 rings (SSSR count). The zero-order valence-corrected chi connectivity index (χ0v) is 14.5. The van der Waals surface area contributed by atoms with Gasteiger partial charge < -0.3 is 10.2 Å².